The lowest BCUT2D eigenvalue weighted by molar-refractivity contribution is 0.0825. The number of nitrogens with one attached hydrogen (secondary N) is 1. The zero-order valence-corrected chi connectivity index (χ0v) is 8.01. The molecule has 0 aliphatic carbocycles. The molecule has 4 nitrogen and oxygen atoms in total. The fourth-order valence-corrected chi connectivity index (χ4v) is 1.88. The van der Waals surface area contributed by atoms with E-state index in [1.807, 2.05) is 5.01 Å². The standard InChI is InChI=1S/C8H11N3OS/c12-7(8-9-3-6-13-8)10-11-4-1-2-5-11/h3,6H,1-2,4-5H2,(H,10,12). The van der Waals surface area contributed by atoms with E-state index in [0.717, 1.165) is 25.9 Å². The van der Waals surface area contributed by atoms with Gasteiger partial charge < -0.3 is 0 Å². The van der Waals surface area contributed by atoms with Crippen molar-refractivity contribution in [2.24, 2.45) is 0 Å². The summed E-state index contributed by atoms with van der Waals surface area (Å²) in [6.07, 6.45) is 3.97. The molecule has 0 radical (unpaired) electrons. The molecular formula is C8H11N3OS. The minimum Gasteiger partial charge on any atom is -0.283 e. The van der Waals surface area contributed by atoms with Gasteiger partial charge in [-0.05, 0) is 12.8 Å². The summed E-state index contributed by atoms with van der Waals surface area (Å²) >= 11 is 1.36. The van der Waals surface area contributed by atoms with Crippen LogP contribution in [0.3, 0.4) is 0 Å². The predicted octanol–water partition coefficient (Wildman–Crippen LogP) is 0.884. The summed E-state index contributed by atoms with van der Waals surface area (Å²) < 4.78 is 0. The van der Waals surface area contributed by atoms with E-state index in [0.29, 0.717) is 5.01 Å². The van der Waals surface area contributed by atoms with Gasteiger partial charge in [0.25, 0.3) is 5.91 Å². The third-order valence-electron chi connectivity index (χ3n) is 1.99. The van der Waals surface area contributed by atoms with Crippen LogP contribution in [-0.4, -0.2) is 29.0 Å². The molecule has 0 atom stereocenters. The Labute approximate surface area is 80.6 Å². The quantitative estimate of drug-likeness (QED) is 0.765. The molecule has 1 fully saturated rings. The number of carbonyl (C=O) groups is 1. The summed E-state index contributed by atoms with van der Waals surface area (Å²) in [5.41, 5.74) is 2.82. The van der Waals surface area contributed by atoms with E-state index in [1.54, 1.807) is 11.6 Å². The van der Waals surface area contributed by atoms with Gasteiger partial charge in [-0.2, -0.15) is 0 Å². The summed E-state index contributed by atoms with van der Waals surface area (Å²) in [6, 6.07) is 0. The van der Waals surface area contributed by atoms with E-state index in [9.17, 15) is 4.79 Å². The molecule has 0 bridgehead atoms. The molecule has 1 aromatic heterocycles. The van der Waals surface area contributed by atoms with Crippen LogP contribution in [0.25, 0.3) is 0 Å². The molecule has 5 heteroatoms. The number of amides is 1. The van der Waals surface area contributed by atoms with E-state index in [1.165, 1.54) is 11.3 Å². The van der Waals surface area contributed by atoms with E-state index < -0.39 is 0 Å². The van der Waals surface area contributed by atoms with Crippen LogP contribution in [0.4, 0.5) is 0 Å². The largest absolute Gasteiger partial charge is 0.294 e. The Morgan fingerprint density at radius 1 is 1.54 bits per heavy atom. The van der Waals surface area contributed by atoms with Gasteiger partial charge in [0.1, 0.15) is 0 Å². The van der Waals surface area contributed by atoms with Gasteiger partial charge in [0.15, 0.2) is 5.01 Å². The maximum atomic E-state index is 11.5. The Hall–Kier alpha value is -0.940. The van der Waals surface area contributed by atoms with Crippen LogP contribution in [0.15, 0.2) is 11.6 Å². The van der Waals surface area contributed by atoms with Crippen molar-refractivity contribution in [3.05, 3.63) is 16.6 Å². The van der Waals surface area contributed by atoms with Crippen molar-refractivity contribution in [3.8, 4) is 0 Å². The second-order valence-electron chi connectivity index (χ2n) is 2.97. The van der Waals surface area contributed by atoms with Gasteiger partial charge in [0, 0.05) is 24.7 Å². The maximum absolute atomic E-state index is 11.5. The second kappa shape index (κ2) is 3.85. The highest BCUT2D eigenvalue weighted by molar-refractivity contribution is 7.11. The molecule has 2 heterocycles. The first-order chi connectivity index (χ1) is 6.36. The molecule has 0 unspecified atom stereocenters. The van der Waals surface area contributed by atoms with Crippen LogP contribution < -0.4 is 5.43 Å². The number of hydrogen-bond donors (Lipinski definition) is 1. The summed E-state index contributed by atoms with van der Waals surface area (Å²) in [7, 11) is 0. The Kier molecular flexibility index (Phi) is 2.56. The summed E-state index contributed by atoms with van der Waals surface area (Å²) in [4.78, 5) is 15.4. The lowest BCUT2D eigenvalue weighted by Crippen LogP contribution is -2.39. The highest BCUT2D eigenvalue weighted by Crippen LogP contribution is 2.07. The number of hydrogen-bond acceptors (Lipinski definition) is 4. The Balaban J connectivity index is 1.91. The first-order valence-electron chi connectivity index (χ1n) is 4.32. The first kappa shape index (κ1) is 8.65. The smallest absolute Gasteiger partial charge is 0.283 e. The normalized spacial score (nSPS) is 17.5. The van der Waals surface area contributed by atoms with Crippen LogP contribution in [0.5, 0.6) is 0 Å². The number of thiazole rings is 1. The lowest BCUT2D eigenvalue weighted by Gasteiger charge is -2.14. The number of rotatable bonds is 2. The highest BCUT2D eigenvalue weighted by Gasteiger charge is 2.16. The molecule has 0 spiro atoms. The number of carbonyl (C=O) groups excluding carboxylic acids is 1. The van der Waals surface area contributed by atoms with Crippen molar-refractivity contribution in [3.63, 3.8) is 0 Å². The van der Waals surface area contributed by atoms with Crippen LogP contribution in [0, 0.1) is 0 Å². The molecular weight excluding hydrogens is 186 g/mol. The molecule has 2 rings (SSSR count). The monoisotopic (exact) mass is 197 g/mol. The van der Waals surface area contributed by atoms with Gasteiger partial charge in [-0.1, -0.05) is 0 Å². The van der Waals surface area contributed by atoms with Crippen molar-refractivity contribution in [1.82, 2.24) is 15.4 Å². The van der Waals surface area contributed by atoms with Crippen molar-refractivity contribution in [2.75, 3.05) is 13.1 Å². The number of aromatic nitrogens is 1. The highest BCUT2D eigenvalue weighted by atomic mass is 32.1. The SMILES string of the molecule is O=C(NN1CCCC1)c1nccs1. The number of hydrazine groups is 1. The Morgan fingerprint density at radius 2 is 2.31 bits per heavy atom. The van der Waals surface area contributed by atoms with Crippen molar-refractivity contribution in [2.45, 2.75) is 12.8 Å². The van der Waals surface area contributed by atoms with E-state index in [2.05, 4.69) is 10.4 Å². The summed E-state index contributed by atoms with van der Waals surface area (Å²) in [5.74, 6) is -0.0862. The Morgan fingerprint density at radius 3 is 2.92 bits per heavy atom. The molecule has 1 amide bonds. The van der Waals surface area contributed by atoms with Crippen LogP contribution in [0.2, 0.25) is 0 Å². The topological polar surface area (TPSA) is 45.2 Å². The fourth-order valence-electron chi connectivity index (χ4n) is 1.36. The molecule has 13 heavy (non-hydrogen) atoms. The van der Waals surface area contributed by atoms with Crippen LogP contribution >= 0.6 is 11.3 Å². The molecule has 0 aromatic carbocycles. The summed E-state index contributed by atoms with van der Waals surface area (Å²) in [5, 5.41) is 4.29. The third-order valence-corrected chi connectivity index (χ3v) is 2.76. The predicted molar refractivity (Wildman–Crippen MR) is 50.4 cm³/mol. The van der Waals surface area contributed by atoms with Crippen molar-refractivity contribution >= 4 is 17.2 Å². The van der Waals surface area contributed by atoms with E-state index in [4.69, 9.17) is 0 Å². The molecule has 1 N–H and O–H groups in total. The molecule has 1 aliphatic heterocycles. The van der Waals surface area contributed by atoms with Gasteiger partial charge in [-0.3, -0.25) is 10.2 Å². The Bertz CT molecular complexity index is 280. The molecule has 1 saturated heterocycles. The first-order valence-corrected chi connectivity index (χ1v) is 5.19. The molecule has 0 saturated carbocycles. The molecule has 70 valence electrons. The third kappa shape index (κ3) is 2.05. The lowest BCUT2D eigenvalue weighted by atomic mass is 10.4. The van der Waals surface area contributed by atoms with E-state index >= 15 is 0 Å². The number of nitrogens with zero attached hydrogens (tertiary/aromatic N) is 2. The summed E-state index contributed by atoms with van der Waals surface area (Å²) in [6.45, 7) is 1.91. The second-order valence-corrected chi connectivity index (χ2v) is 3.87. The van der Waals surface area contributed by atoms with Crippen molar-refractivity contribution in [1.29, 1.82) is 0 Å². The van der Waals surface area contributed by atoms with Crippen LogP contribution in [0.1, 0.15) is 22.6 Å². The molecule has 1 aromatic rings. The van der Waals surface area contributed by atoms with Gasteiger partial charge in [-0.15, -0.1) is 11.3 Å². The molecule has 1 aliphatic rings. The van der Waals surface area contributed by atoms with Gasteiger partial charge in [-0.25, -0.2) is 9.99 Å². The average Bonchev–Trinajstić information content (AvgIpc) is 2.74. The minimum absolute atomic E-state index is 0.0862. The van der Waals surface area contributed by atoms with Gasteiger partial charge in [0.2, 0.25) is 0 Å². The average molecular weight is 197 g/mol. The van der Waals surface area contributed by atoms with Crippen LogP contribution in [-0.2, 0) is 0 Å². The zero-order valence-electron chi connectivity index (χ0n) is 7.19. The van der Waals surface area contributed by atoms with Crippen molar-refractivity contribution < 1.29 is 4.79 Å². The van der Waals surface area contributed by atoms with Gasteiger partial charge >= 0.3 is 0 Å². The maximum Gasteiger partial charge on any atom is 0.294 e. The van der Waals surface area contributed by atoms with E-state index in [-0.39, 0.29) is 5.91 Å². The zero-order chi connectivity index (χ0) is 9.10. The fraction of sp³-hybridized carbons (Fsp3) is 0.500. The minimum atomic E-state index is -0.0862. The van der Waals surface area contributed by atoms with Gasteiger partial charge in [0.05, 0.1) is 0 Å².